The first kappa shape index (κ1) is 19.0. The second-order valence-electron chi connectivity index (χ2n) is 5.49. The lowest BCUT2D eigenvalue weighted by Crippen LogP contribution is -2.16. The maximum Gasteiger partial charge on any atom is 0.214 e. The highest BCUT2D eigenvalue weighted by Gasteiger charge is 2.10. The Morgan fingerprint density at radius 3 is 2.58 bits per heavy atom. The second-order valence-corrected chi connectivity index (χ2v) is 7.12. The number of ether oxygens (including phenoxy) is 1. The Bertz CT molecular complexity index is 966. The molecule has 0 spiro atoms. The quantitative estimate of drug-likeness (QED) is 0.506. The lowest BCUT2D eigenvalue weighted by atomic mass is 10.2. The van der Waals surface area contributed by atoms with Gasteiger partial charge in [0.1, 0.15) is 18.2 Å². The predicted octanol–water partition coefficient (Wildman–Crippen LogP) is 5.53. The van der Waals surface area contributed by atoms with Gasteiger partial charge in [0.15, 0.2) is 0 Å². The summed E-state index contributed by atoms with van der Waals surface area (Å²) in [6.45, 7) is 2.53. The predicted molar refractivity (Wildman–Crippen MR) is 107 cm³/mol. The van der Waals surface area contributed by atoms with Gasteiger partial charge in [0.25, 0.3) is 0 Å². The van der Waals surface area contributed by atoms with Crippen LogP contribution >= 0.6 is 47.0 Å². The van der Waals surface area contributed by atoms with Crippen molar-refractivity contribution in [3.8, 4) is 5.75 Å². The maximum absolute atomic E-state index is 6.20. The van der Waals surface area contributed by atoms with Crippen molar-refractivity contribution in [2.45, 2.75) is 20.1 Å². The van der Waals surface area contributed by atoms with Crippen LogP contribution in [0.5, 0.6) is 5.75 Å². The number of halogens is 3. The van der Waals surface area contributed by atoms with Crippen molar-refractivity contribution in [3.05, 3.63) is 73.2 Å². The zero-order valence-electron chi connectivity index (χ0n) is 13.7. The van der Waals surface area contributed by atoms with E-state index in [1.807, 2.05) is 19.1 Å². The SMILES string of the molecule is Cc1n[nH]c(=S)n1NCc1cc(Cl)ccc1OCc1c(Cl)cccc1Cl. The molecule has 5 nitrogen and oxygen atoms in total. The van der Waals surface area contributed by atoms with Crippen LogP contribution in [-0.4, -0.2) is 14.9 Å². The fourth-order valence-electron chi connectivity index (χ4n) is 2.37. The van der Waals surface area contributed by atoms with E-state index in [1.165, 1.54) is 0 Å². The third-order valence-corrected chi connectivity index (χ3v) is 4.94. The van der Waals surface area contributed by atoms with Crippen LogP contribution in [0.25, 0.3) is 0 Å². The Morgan fingerprint density at radius 1 is 1.19 bits per heavy atom. The Balaban J connectivity index is 1.79. The molecular formula is C17H15Cl3N4OS. The Morgan fingerprint density at radius 2 is 1.92 bits per heavy atom. The molecule has 0 saturated heterocycles. The van der Waals surface area contributed by atoms with Gasteiger partial charge < -0.3 is 10.2 Å². The number of aromatic amines is 1. The molecule has 2 N–H and O–H groups in total. The van der Waals surface area contributed by atoms with E-state index in [-0.39, 0.29) is 6.61 Å². The molecule has 9 heteroatoms. The third kappa shape index (κ3) is 4.32. The molecule has 0 amide bonds. The molecule has 0 bridgehead atoms. The van der Waals surface area contributed by atoms with Crippen molar-refractivity contribution in [1.29, 1.82) is 0 Å². The maximum atomic E-state index is 6.20. The van der Waals surface area contributed by atoms with Crippen LogP contribution in [-0.2, 0) is 13.2 Å². The van der Waals surface area contributed by atoms with E-state index in [1.54, 1.807) is 28.9 Å². The van der Waals surface area contributed by atoms with Crippen LogP contribution in [0.2, 0.25) is 15.1 Å². The lowest BCUT2D eigenvalue weighted by molar-refractivity contribution is 0.303. The van der Waals surface area contributed by atoms with Gasteiger partial charge in [-0.25, -0.2) is 4.68 Å². The second kappa shape index (κ2) is 8.31. The van der Waals surface area contributed by atoms with Crippen LogP contribution < -0.4 is 10.2 Å². The van der Waals surface area contributed by atoms with Crippen LogP contribution in [0.1, 0.15) is 17.0 Å². The molecule has 1 aromatic heterocycles. The number of nitrogens with zero attached hydrogens (tertiary/aromatic N) is 2. The molecule has 0 atom stereocenters. The summed E-state index contributed by atoms with van der Waals surface area (Å²) in [7, 11) is 0. The molecule has 0 saturated carbocycles. The largest absolute Gasteiger partial charge is 0.488 e. The summed E-state index contributed by atoms with van der Waals surface area (Å²) >= 11 is 23.7. The van der Waals surface area contributed by atoms with Gasteiger partial charge in [0.05, 0.1) is 6.54 Å². The standard InChI is InChI=1S/C17H15Cl3N4OS/c1-10-22-23-17(26)24(10)21-8-11-7-12(18)5-6-16(11)25-9-13-14(19)3-2-4-15(13)20/h2-7,21H,8-9H2,1H3,(H,23,26). The van der Waals surface area contributed by atoms with Gasteiger partial charge in [0.2, 0.25) is 4.77 Å². The molecular weight excluding hydrogens is 415 g/mol. The third-order valence-electron chi connectivity index (χ3n) is 3.72. The first-order valence-corrected chi connectivity index (χ1v) is 9.22. The van der Waals surface area contributed by atoms with E-state index in [9.17, 15) is 0 Å². The molecule has 3 aromatic rings. The van der Waals surface area contributed by atoms with Crippen LogP contribution in [0.15, 0.2) is 36.4 Å². The Kier molecular flexibility index (Phi) is 6.09. The van der Waals surface area contributed by atoms with Gasteiger partial charge in [0, 0.05) is 26.2 Å². The molecule has 2 aromatic carbocycles. The minimum Gasteiger partial charge on any atom is -0.488 e. The van der Waals surface area contributed by atoms with E-state index in [0.29, 0.717) is 32.1 Å². The molecule has 0 radical (unpaired) electrons. The van der Waals surface area contributed by atoms with Gasteiger partial charge in [-0.1, -0.05) is 40.9 Å². The first-order chi connectivity index (χ1) is 12.5. The van der Waals surface area contributed by atoms with E-state index in [4.69, 9.17) is 51.8 Å². The topological polar surface area (TPSA) is 54.9 Å². The Hall–Kier alpha value is -1.73. The summed E-state index contributed by atoms with van der Waals surface area (Å²) in [6, 6.07) is 10.8. The highest BCUT2D eigenvalue weighted by Crippen LogP contribution is 2.28. The summed E-state index contributed by atoms with van der Waals surface area (Å²) in [5, 5.41) is 8.52. The molecule has 0 unspecified atom stereocenters. The van der Waals surface area contributed by atoms with Crippen molar-refractivity contribution in [2.75, 3.05) is 5.43 Å². The fourth-order valence-corrected chi connectivity index (χ4v) is 3.32. The number of H-pyrrole nitrogens is 1. The molecule has 3 rings (SSSR count). The Labute approximate surface area is 170 Å². The zero-order chi connectivity index (χ0) is 18.7. The minimum absolute atomic E-state index is 0.247. The molecule has 0 aliphatic rings. The molecule has 1 heterocycles. The van der Waals surface area contributed by atoms with Crippen molar-refractivity contribution in [2.24, 2.45) is 0 Å². The minimum atomic E-state index is 0.247. The number of hydrogen-bond donors (Lipinski definition) is 2. The highest BCUT2D eigenvalue weighted by molar-refractivity contribution is 7.71. The van der Waals surface area contributed by atoms with Crippen molar-refractivity contribution in [3.63, 3.8) is 0 Å². The van der Waals surface area contributed by atoms with Crippen molar-refractivity contribution in [1.82, 2.24) is 14.9 Å². The number of hydrogen-bond acceptors (Lipinski definition) is 4. The number of benzene rings is 2. The van der Waals surface area contributed by atoms with E-state index >= 15 is 0 Å². The summed E-state index contributed by atoms with van der Waals surface area (Å²) in [5.41, 5.74) is 4.79. The van der Waals surface area contributed by atoms with Crippen LogP contribution in [0.4, 0.5) is 0 Å². The van der Waals surface area contributed by atoms with Gasteiger partial charge in [-0.15, -0.1) is 0 Å². The van der Waals surface area contributed by atoms with Crippen LogP contribution in [0.3, 0.4) is 0 Å². The molecule has 0 aliphatic carbocycles. The number of rotatable bonds is 6. The van der Waals surface area contributed by atoms with E-state index in [0.717, 1.165) is 17.0 Å². The van der Waals surface area contributed by atoms with Crippen LogP contribution in [0, 0.1) is 11.7 Å². The summed E-state index contributed by atoms with van der Waals surface area (Å²) < 4.78 is 8.11. The average Bonchev–Trinajstić information content (AvgIpc) is 2.92. The summed E-state index contributed by atoms with van der Waals surface area (Å²) in [4.78, 5) is 0. The van der Waals surface area contributed by atoms with Gasteiger partial charge >= 0.3 is 0 Å². The zero-order valence-corrected chi connectivity index (χ0v) is 16.8. The number of aromatic nitrogens is 3. The van der Waals surface area contributed by atoms with Gasteiger partial charge in [-0.05, 0) is 49.5 Å². The smallest absolute Gasteiger partial charge is 0.214 e. The number of nitrogens with one attached hydrogen (secondary N) is 2. The molecule has 136 valence electrons. The van der Waals surface area contributed by atoms with E-state index in [2.05, 4.69) is 15.6 Å². The van der Waals surface area contributed by atoms with Crippen molar-refractivity contribution >= 4 is 47.0 Å². The fraction of sp³-hybridized carbons (Fsp3) is 0.176. The number of aryl methyl sites for hydroxylation is 1. The lowest BCUT2D eigenvalue weighted by Gasteiger charge is -2.15. The average molecular weight is 430 g/mol. The first-order valence-electron chi connectivity index (χ1n) is 7.67. The molecule has 26 heavy (non-hydrogen) atoms. The van der Waals surface area contributed by atoms with Gasteiger partial charge in [-0.3, -0.25) is 5.10 Å². The molecule has 0 fully saturated rings. The molecule has 0 aliphatic heterocycles. The highest BCUT2D eigenvalue weighted by atomic mass is 35.5. The van der Waals surface area contributed by atoms with E-state index < -0.39 is 0 Å². The normalized spacial score (nSPS) is 10.8. The monoisotopic (exact) mass is 428 g/mol. The van der Waals surface area contributed by atoms with Crippen molar-refractivity contribution < 1.29 is 4.74 Å². The van der Waals surface area contributed by atoms with Gasteiger partial charge in [-0.2, -0.15) is 5.10 Å². The summed E-state index contributed by atoms with van der Waals surface area (Å²) in [6.07, 6.45) is 0. The summed E-state index contributed by atoms with van der Waals surface area (Å²) in [5.74, 6) is 1.40.